The Morgan fingerprint density at radius 2 is 1.79 bits per heavy atom. The SMILES string of the molecule is COc1ccccc1Oc1coc2c3c(ccc2c1=O)OCN(CCc1ccc(F)cc1)C3. The Bertz CT molecular complexity index is 1350. The molecule has 0 saturated heterocycles. The van der Waals surface area contributed by atoms with Gasteiger partial charge < -0.3 is 18.6 Å². The van der Waals surface area contributed by atoms with E-state index in [1.165, 1.54) is 18.4 Å². The third-order valence-corrected chi connectivity index (χ3v) is 5.67. The number of para-hydroxylation sites is 2. The van der Waals surface area contributed by atoms with Gasteiger partial charge in [0.15, 0.2) is 11.5 Å². The number of rotatable bonds is 6. The van der Waals surface area contributed by atoms with Crippen LogP contribution < -0.4 is 19.6 Å². The van der Waals surface area contributed by atoms with Crippen LogP contribution in [0.2, 0.25) is 0 Å². The number of halogens is 1. The van der Waals surface area contributed by atoms with Crippen LogP contribution in [0.3, 0.4) is 0 Å². The van der Waals surface area contributed by atoms with Crippen LogP contribution in [-0.4, -0.2) is 25.3 Å². The molecule has 0 fully saturated rings. The molecule has 5 rings (SSSR count). The zero-order chi connectivity index (χ0) is 22.8. The molecule has 0 N–H and O–H groups in total. The number of methoxy groups -OCH3 is 1. The number of fused-ring (bicyclic) bond motifs is 3. The lowest BCUT2D eigenvalue weighted by Crippen LogP contribution is -2.33. The van der Waals surface area contributed by atoms with Gasteiger partial charge in [0.25, 0.3) is 0 Å². The Balaban J connectivity index is 1.40. The third kappa shape index (κ3) is 4.27. The van der Waals surface area contributed by atoms with Gasteiger partial charge in [0.2, 0.25) is 11.2 Å². The summed E-state index contributed by atoms with van der Waals surface area (Å²) in [5.41, 5.74) is 2.08. The zero-order valence-electron chi connectivity index (χ0n) is 18.0. The maximum atomic E-state index is 13.1. The molecule has 0 atom stereocenters. The molecule has 168 valence electrons. The maximum absolute atomic E-state index is 13.1. The summed E-state index contributed by atoms with van der Waals surface area (Å²) in [6.45, 7) is 1.73. The molecule has 0 aliphatic carbocycles. The van der Waals surface area contributed by atoms with E-state index in [1.54, 1.807) is 49.6 Å². The normalized spacial score (nSPS) is 13.4. The second-order valence-electron chi connectivity index (χ2n) is 7.80. The average Bonchev–Trinajstić information content (AvgIpc) is 2.85. The topological polar surface area (TPSA) is 61.1 Å². The van der Waals surface area contributed by atoms with Crippen molar-refractivity contribution in [2.24, 2.45) is 0 Å². The van der Waals surface area contributed by atoms with Crippen molar-refractivity contribution < 1.29 is 23.0 Å². The molecular formula is C26H22FNO5. The van der Waals surface area contributed by atoms with Crippen LogP contribution in [0.4, 0.5) is 4.39 Å². The molecule has 7 heteroatoms. The van der Waals surface area contributed by atoms with E-state index in [0.717, 1.165) is 24.1 Å². The lowest BCUT2D eigenvalue weighted by molar-refractivity contribution is 0.0968. The summed E-state index contributed by atoms with van der Waals surface area (Å²) < 4.78 is 36.0. The van der Waals surface area contributed by atoms with E-state index in [1.807, 2.05) is 6.07 Å². The van der Waals surface area contributed by atoms with Crippen molar-refractivity contribution in [3.63, 3.8) is 0 Å². The zero-order valence-corrected chi connectivity index (χ0v) is 18.0. The first-order valence-electron chi connectivity index (χ1n) is 10.6. The Morgan fingerprint density at radius 3 is 2.58 bits per heavy atom. The van der Waals surface area contributed by atoms with Gasteiger partial charge in [0.1, 0.15) is 30.1 Å². The van der Waals surface area contributed by atoms with Gasteiger partial charge >= 0.3 is 0 Å². The molecule has 1 aliphatic rings. The van der Waals surface area contributed by atoms with Crippen molar-refractivity contribution in [2.45, 2.75) is 13.0 Å². The predicted molar refractivity (Wildman–Crippen MR) is 122 cm³/mol. The minimum atomic E-state index is -0.270. The van der Waals surface area contributed by atoms with Crippen LogP contribution >= 0.6 is 0 Å². The number of benzene rings is 3. The number of nitrogens with zero attached hydrogens (tertiary/aromatic N) is 1. The predicted octanol–water partition coefficient (Wildman–Crippen LogP) is 5.13. The second-order valence-corrected chi connectivity index (χ2v) is 7.80. The smallest absolute Gasteiger partial charge is 0.235 e. The summed E-state index contributed by atoms with van der Waals surface area (Å²) in [4.78, 5) is 15.2. The monoisotopic (exact) mass is 447 g/mol. The quantitative estimate of drug-likeness (QED) is 0.409. The molecule has 33 heavy (non-hydrogen) atoms. The summed E-state index contributed by atoms with van der Waals surface area (Å²) in [5.74, 6) is 1.48. The van der Waals surface area contributed by atoms with E-state index in [4.69, 9.17) is 18.6 Å². The highest BCUT2D eigenvalue weighted by atomic mass is 19.1. The average molecular weight is 447 g/mol. The molecule has 0 amide bonds. The van der Waals surface area contributed by atoms with E-state index < -0.39 is 0 Å². The van der Waals surface area contributed by atoms with Crippen LogP contribution in [0, 0.1) is 5.82 Å². The van der Waals surface area contributed by atoms with E-state index in [-0.39, 0.29) is 17.0 Å². The molecule has 0 radical (unpaired) electrons. The van der Waals surface area contributed by atoms with Crippen molar-refractivity contribution in [1.29, 1.82) is 0 Å². The molecule has 0 unspecified atom stereocenters. The first-order chi connectivity index (χ1) is 16.1. The van der Waals surface area contributed by atoms with E-state index in [9.17, 15) is 9.18 Å². The summed E-state index contributed by atoms with van der Waals surface area (Å²) in [7, 11) is 1.54. The van der Waals surface area contributed by atoms with Gasteiger partial charge in [0.05, 0.1) is 18.1 Å². The molecule has 1 aliphatic heterocycles. The van der Waals surface area contributed by atoms with Gasteiger partial charge in [-0.05, 0) is 48.4 Å². The standard InChI is InChI=1S/C26H22FNO5/c1-30-22-4-2-3-5-23(22)33-24-15-31-26-19(25(24)29)10-11-21-20(26)14-28(16-32-21)13-12-17-6-8-18(27)9-7-17/h2-11,15H,12-14,16H2,1H3. The second kappa shape index (κ2) is 8.96. The minimum absolute atomic E-state index is 0.0804. The Labute approximate surface area is 189 Å². The highest BCUT2D eigenvalue weighted by Crippen LogP contribution is 2.34. The maximum Gasteiger partial charge on any atom is 0.235 e. The van der Waals surface area contributed by atoms with Crippen LogP contribution in [-0.2, 0) is 13.0 Å². The molecule has 3 aromatic carbocycles. The van der Waals surface area contributed by atoms with E-state index in [2.05, 4.69) is 4.90 Å². The van der Waals surface area contributed by atoms with Crippen LogP contribution in [0.15, 0.2) is 76.1 Å². The summed E-state index contributed by atoms with van der Waals surface area (Å²) >= 11 is 0. The molecule has 1 aromatic heterocycles. The van der Waals surface area contributed by atoms with E-state index in [0.29, 0.717) is 41.5 Å². The number of hydrogen-bond donors (Lipinski definition) is 0. The van der Waals surface area contributed by atoms with Crippen molar-refractivity contribution in [1.82, 2.24) is 4.90 Å². The van der Waals surface area contributed by atoms with Gasteiger partial charge in [-0.25, -0.2) is 4.39 Å². The summed E-state index contributed by atoms with van der Waals surface area (Å²) in [6.07, 6.45) is 2.08. The van der Waals surface area contributed by atoms with Gasteiger partial charge in [-0.2, -0.15) is 0 Å². The van der Waals surface area contributed by atoms with E-state index >= 15 is 0 Å². The van der Waals surface area contributed by atoms with Crippen molar-refractivity contribution in [3.05, 3.63) is 94.1 Å². The van der Waals surface area contributed by atoms with Crippen LogP contribution in [0.1, 0.15) is 11.1 Å². The first kappa shape index (κ1) is 21.0. The Kier molecular flexibility index (Phi) is 5.71. The van der Waals surface area contributed by atoms with Crippen LogP contribution in [0.5, 0.6) is 23.0 Å². The molecule has 0 saturated carbocycles. The fourth-order valence-corrected chi connectivity index (χ4v) is 3.91. The fourth-order valence-electron chi connectivity index (χ4n) is 3.91. The molecule has 4 aromatic rings. The van der Waals surface area contributed by atoms with Crippen molar-refractivity contribution in [2.75, 3.05) is 20.4 Å². The van der Waals surface area contributed by atoms with Crippen LogP contribution in [0.25, 0.3) is 11.0 Å². The van der Waals surface area contributed by atoms with Gasteiger partial charge in [-0.1, -0.05) is 24.3 Å². The lowest BCUT2D eigenvalue weighted by Gasteiger charge is -2.29. The van der Waals surface area contributed by atoms with Crippen molar-refractivity contribution >= 4 is 11.0 Å². The number of hydrogen-bond acceptors (Lipinski definition) is 6. The molecule has 2 heterocycles. The number of ether oxygens (including phenoxy) is 3. The summed E-state index contributed by atoms with van der Waals surface area (Å²) in [6, 6.07) is 17.1. The first-order valence-corrected chi connectivity index (χ1v) is 10.6. The molecule has 0 bridgehead atoms. The molecule has 6 nitrogen and oxygen atoms in total. The van der Waals surface area contributed by atoms with Crippen molar-refractivity contribution in [3.8, 4) is 23.0 Å². The largest absolute Gasteiger partial charge is 0.493 e. The molecule has 0 spiro atoms. The molecular weight excluding hydrogens is 425 g/mol. The fraction of sp³-hybridized carbons (Fsp3) is 0.192. The van der Waals surface area contributed by atoms with Gasteiger partial charge in [0, 0.05) is 13.1 Å². The Morgan fingerprint density at radius 1 is 1.00 bits per heavy atom. The third-order valence-electron chi connectivity index (χ3n) is 5.67. The highest BCUT2D eigenvalue weighted by Gasteiger charge is 2.23. The van der Waals surface area contributed by atoms with Gasteiger partial charge in [-0.3, -0.25) is 9.69 Å². The summed E-state index contributed by atoms with van der Waals surface area (Å²) in [5, 5.41) is 0.421. The Hall–Kier alpha value is -3.84. The lowest BCUT2D eigenvalue weighted by atomic mass is 10.1. The van der Waals surface area contributed by atoms with Gasteiger partial charge in [-0.15, -0.1) is 0 Å². The highest BCUT2D eigenvalue weighted by molar-refractivity contribution is 5.83. The minimum Gasteiger partial charge on any atom is -0.493 e.